The molecule has 126 valence electrons. The standard InChI is InChI=1S/C19H26O4/c1-14(2)11-13-23-18(21)16-10-6-7-12-19(16,22)17(20)15-8-4-3-5-9-15/h3-5,8-9,14,16,22H,6-7,10-13H2,1-2H3. The maximum Gasteiger partial charge on any atom is 0.312 e. The van der Waals surface area contributed by atoms with Crippen molar-refractivity contribution < 1.29 is 19.4 Å². The molecule has 0 radical (unpaired) electrons. The minimum Gasteiger partial charge on any atom is -0.465 e. The molecule has 2 atom stereocenters. The SMILES string of the molecule is CC(C)CCOC(=O)C1CCCCC1(O)C(=O)c1ccccc1. The summed E-state index contributed by atoms with van der Waals surface area (Å²) in [7, 11) is 0. The van der Waals surface area contributed by atoms with Crippen LogP contribution in [0.3, 0.4) is 0 Å². The summed E-state index contributed by atoms with van der Waals surface area (Å²) in [5.74, 6) is -1.14. The maximum absolute atomic E-state index is 12.8. The van der Waals surface area contributed by atoms with Crippen molar-refractivity contribution in [3.8, 4) is 0 Å². The van der Waals surface area contributed by atoms with Gasteiger partial charge in [0.1, 0.15) is 5.60 Å². The Kier molecular flexibility index (Phi) is 5.94. The van der Waals surface area contributed by atoms with E-state index < -0.39 is 17.5 Å². The van der Waals surface area contributed by atoms with E-state index in [1.807, 2.05) is 6.07 Å². The second kappa shape index (κ2) is 7.73. The summed E-state index contributed by atoms with van der Waals surface area (Å²) < 4.78 is 5.32. The van der Waals surface area contributed by atoms with Crippen LogP contribution in [0.1, 0.15) is 56.3 Å². The van der Waals surface area contributed by atoms with Crippen LogP contribution in [0.2, 0.25) is 0 Å². The third kappa shape index (κ3) is 4.20. The lowest BCUT2D eigenvalue weighted by molar-refractivity contribution is -0.159. The van der Waals surface area contributed by atoms with Gasteiger partial charge in [-0.05, 0) is 25.2 Å². The normalized spacial score (nSPS) is 24.4. The van der Waals surface area contributed by atoms with Gasteiger partial charge in [0.2, 0.25) is 0 Å². The molecule has 4 heteroatoms. The van der Waals surface area contributed by atoms with Crippen LogP contribution in [-0.2, 0) is 9.53 Å². The van der Waals surface area contributed by atoms with Crippen molar-refractivity contribution in [1.29, 1.82) is 0 Å². The molecule has 1 fully saturated rings. The third-order valence-corrected chi connectivity index (χ3v) is 4.53. The summed E-state index contributed by atoms with van der Waals surface area (Å²) in [6.45, 7) is 4.45. The Balaban J connectivity index is 2.13. The lowest BCUT2D eigenvalue weighted by Gasteiger charge is -2.37. The predicted octanol–water partition coefficient (Wildman–Crippen LogP) is 3.38. The van der Waals surface area contributed by atoms with E-state index in [2.05, 4.69) is 13.8 Å². The van der Waals surface area contributed by atoms with E-state index in [1.54, 1.807) is 24.3 Å². The quantitative estimate of drug-likeness (QED) is 0.645. The van der Waals surface area contributed by atoms with Crippen LogP contribution in [-0.4, -0.2) is 29.1 Å². The molecule has 1 aromatic rings. The summed E-state index contributed by atoms with van der Waals surface area (Å²) in [5, 5.41) is 11.0. The Morgan fingerprint density at radius 3 is 2.61 bits per heavy atom. The minimum atomic E-state index is -1.64. The molecule has 0 aromatic heterocycles. The van der Waals surface area contributed by atoms with Gasteiger partial charge in [0.05, 0.1) is 12.5 Å². The van der Waals surface area contributed by atoms with Gasteiger partial charge in [0.25, 0.3) is 0 Å². The number of Topliss-reactive ketones (excluding diaryl/α,β-unsaturated/α-hetero) is 1. The van der Waals surface area contributed by atoms with Gasteiger partial charge in [-0.3, -0.25) is 9.59 Å². The number of hydrogen-bond acceptors (Lipinski definition) is 4. The van der Waals surface area contributed by atoms with Crippen molar-refractivity contribution in [3.05, 3.63) is 35.9 Å². The first-order chi connectivity index (χ1) is 10.9. The number of ketones is 1. The van der Waals surface area contributed by atoms with Crippen LogP contribution < -0.4 is 0 Å². The zero-order valence-corrected chi connectivity index (χ0v) is 14.0. The van der Waals surface area contributed by atoms with Crippen molar-refractivity contribution >= 4 is 11.8 Å². The number of carbonyl (C=O) groups is 2. The molecule has 1 aliphatic carbocycles. The van der Waals surface area contributed by atoms with Crippen LogP contribution in [0.25, 0.3) is 0 Å². The number of aliphatic hydroxyl groups is 1. The molecular weight excluding hydrogens is 292 g/mol. The van der Waals surface area contributed by atoms with Crippen LogP contribution in [0.5, 0.6) is 0 Å². The Bertz CT molecular complexity index is 538. The average Bonchev–Trinajstić information content (AvgIpc) is 2.55. The van der Waals surface area contributed by atoms with Crippen molar-refractivity contribution in [2.75, 3.05) is 6.61 Å². The first-order valence-corrected chi connectivity index (χ1v) is 8.44. The topological polar surface area (TPSA) is 63.6 Å². The number of carbonyl (C=O) groups excluding carboxylic acids is 2. The molecule has 1 saturated carbocycles. The van der Waals surface area contributed by atoms with Crippen molar-refractivity contribution in [1.82, 2.24) is 0 Å². The van der Waals surface area contributed by atoms with Crippen LogP contribution in [0.4, 0.5) is 0 Å². The van der Waals surface area contributed by atoms with Gasteiger partial charge in [-0.2, -0.15) is 0 Å². The van der Waals surface area contributed by atoms with Crippen LogP contribution in [0, 0.1) is 11.8 Å². The number of esters is 1. The highest BCUT2D eigenvalue weighted by Crippen LogP contribution is 2.37. The molecule has 0 saturated heterocycles. The summed E-state index contributed by atoms with van der Waals surface area (Å²) in [4.78, 5) is 25.2. The Morgan fingerprint density at radius 1 is 1.26 bits per heavy atom. The van der Waals surface area contributed by atoms with E-state index >= 15 is 0 Å². The maximum atomic E-state index is 12.8. The van der Waals surface area contributed by atoms with E-state index in [1.165, 1.54) is 0 Å². The highest BCUT2D eigenvalue weighted by atomic mass is 16.5. The molecule has 1 aromatic carbocycles. The van der Waals surface area contributed by atoms with Crippen molar-refractivity contribution in [2.24, 2.45) is 11.8 Å². The van der Waals surface area contributed by atoms with E-state index in [9.17, 15) is 14.7 Å². The van der Waals surface area contributed by atoms with Gasteiger partial charge in [-0.1, -0.05) is 57.0 Å². The second-order valence-corrected chi connectivity index (χ2v) is 6.77. The first-order valence-electron chi connectivity index (χ1n) is 8.44. The monoisotopic (exact) mass is 318 g/mol. The lowest BCUT2D eigenvalue weighted by Crippen LogP contribution is -2.51. The molecule has 0 amide bonds. The highest BCUT2D eigenvalue weighted by molar-refractivity contribution is 6.04. The molecule has 1 N–H and O–H groups in total. The largest absolute Gasteiger partial charge is 0.465 e. The van der Waals surface area contributed by atoms with Gasteiger partial charge in [-0.25, -0.2) is 0 Å². The Hall–Kier alpha value is -1.68. The van der Waals surface area contributed by atoms with Crippen molar-refractivity contribution in [2.45, 2.75) is 51.6 Å². The van der Waals surface area contributed by atoms with Crippen LogP contribution in [0.15, 0.2) is 30.3 Å². The fourth-order valence-electron chi connectivity index (χ4n) is 3.08. The molecule has 0 heterocycles. The Morgan fingerprint density at radius 2 is 1.96 bits per heavy atom. The van der Waals surface area contributed by atoms with E-state index in [0.717, 1.165) is 19.3 Å². The van der Waals surface area contributed by atoms with Gasteiger partial charge in [0, 0.05) is 5.56 Å². The summed E-state index contributed by atoms with van der Waals surface area (Å²) in [5.41, 5.74) is -1.20. The molecule has 0 spiro atoms. The number of rotatable bonds is 6. The summed E-state index contributed by atoms with van der Waals surface area (Å²) >= 11 is 0. The minimum absolute atomic E-state index is 0.310. The van der Waals surface area contributed by atoms with Gasteiger partial charge < -0.3 is 9.84 Å². The Labute approximate surface area is 137 Å². The molecule has 23 heavy (non-hydrogen) atoms. The number of hydrogen-bond donors (Lipinski definition) is 1. The van der Waals surface area contributed by atoms with E-state index in [0.29, 0.717) is 30.9 Å². The molecule has 2 unspecified atom stereocenters. The molecule has 1 aliphatic rings. The van der Waals surface area contributed by atoms with Gasteiger partial charge in [0.15, 0.2) is 5.78 Å². The summed E-state index contributed by atoms with van der Waals surface area (Å²) in [6.07, 6.45) is 3.16. The number of benzene rings is 1. The third-order valence-electron chi connectivity index (χ3n) is 4.53. The molecule has 0 aliphatic heterocycles. The lowest BCUT2D eigenvalue weighted by atomic mass is 9.71. The highest BCUT2D eigenvalue weighted by Gasteiger charge is 2.49. The fourth-order valence-corrected chi connectivity index (χ4v) is 3.08. The zero-order chi connectivity index (χ0) is 16.9. The fraction of sp³-hybridized carbons (Fsp3) is 0.579. The van der Waals surface area contributed by atoms with Crippen molar-refractivity contribution in [3.63, 3.8) is 0 Å². The van der Waals surface area contributed by atoms with E-state index in [-0.39, 0.29) is 5.78 Å². The first kappa shape index (κ1) is 17.7. The number of ether oxygens (including phenoxy) is 1. The molecule has 4 nitrogen and oxygen atoms in total. The molecule has 2 rings (SSSR count). The summed E-state index contributed by atoms with van der Waals surface area (Å²) in [6, 6.07) is 8.69. The second-order valence-electron chi connectivity index (χ2n) is 6.77. The molecular formula is C19H26O4. The van der Waals surface area contributed by atoms with Crippen LogP contribution >= 0.6 is 0 Å². The zero-order valence-electron chi connectivity index (χ0n) is 14.0. The predicted molar refractivity (Wildman–Crippen MR) is 88.1 cm³/mol. The van der Waals surface area contributed by atoms with Gasteiger partial charge in [-0.15, -0.1) is 0 Å². The smallest absolute Gasteiger partial charge is 0.312 e. The molecule has 0 bridgehead atoms. The van der Waals surface area contributed by atoms with Gasteiger partial charge >= 0.3 is 5.97 Å². The average molecular weight is 318 g/mol. The van der Waals surface area contributed by atoms with E-state index in [4.69, 9.17) is 4.74 Å².